The first-order valence-corrected chi connectivity index (χ1v) is 9.56. The smallest absolute Gasteiger partial charge is 0.248 e. The topological polar surface area (TPSA) is 48.5 Å². The molecule has 3 aromatic heterocycles. The number of rotatable bonds is 4. The van der Waals surface area contributed by atoms with Crippen molar-refractivity contribution >= 4 is 26.7 Å². The average molecular weight is 379 g/mol. The highest BCUT2D eigenvalue weighted by Gasteiger charge is 2.40. The molecule has 142 valence electrons. The number of hydrogen-bond donors (Lipinski definition) is 0. The molecule has 0 amide bonds. The lowest BCUT2D eigenvalue weighted by Gasteiger charge is -2.42. The minimum absolute atomic E-state index is 0.183. The second kappa shape index (κ2) is 6.71. The summed E-state index contributed by atoms with van der Waals surface area (Å²) in [5, 5.41) is 7.03. The Morgan fingerprint density at radius 3 is 2.68 bits per heavy atom. The van der Waals surface area contributed by atoms with E-state index in [9.17, 15) is 8.78 Å². The van der Waals surface area contributed by atoms with E-state index < -0.39 is 11.3 Å². The predicted octanol–water partition coefficient (Wildman–Crippen LogP) is 3.40. The first kappa shape index (κ1) is 19.2. The van der Waals surface area contributed by atoms with Crippen molar-refractivity contribution in [1.82, 2.24) is 24.5 Å². The van der Waals surface area contributed by atoms with Crippen LogP contribution in [-0.4, -0.2) is 46.2 Å². The monoisotopic (exact) mass is 379 g/mol. The van der Waals surface area contributed by atoms with Gasteiger partial charge in [-0.1, -0.05) is 5.21 Å². The van der Waals surface area contributed by atoms with Crippen LogP contribution in [0.1, 0.15) is 38.3 Å². The van der Waals surface area contributed by atoms with Crippen molar-refractivity contribution in [3.05, 3.63) is 30.2 Å². The zero-order valence-corrected chi connectivity index (χ0v) is 16.1. The molecule has 0 saturated heterocycles. The number of alkyl halides is 2. The molecule has 0 atom stereocenters. The molecule has 1 aliphatic carbocycles. The second-order valence-corrected chi connectivity index (χ2v) is 7.67. The van der Waals surface area contributed by atoms with Gasteiger partial charge in [-0.05, 0) is 50.1 Å². The molecular weight excluding hydrogens is 358 g/mol. The first-order chi connectivity index (χ1) is 13.2. The molecule has 0 aromatic carbocycles. The Morgan fingerprint density at radius 1 is 1.29 bits per heavy atom. The molecule has 3 aromatic rings. The van der Waals surface area contributed by atoms with E-state index in [-0.39, 0.29) is 18.8 Å². The summed E-state index contributed by atoms with van der Waals surface area (Å²) in [6.07, 6.45) is 3.78. The lowest BCUT2D eigenvalue weighted by atomic mass is 9.52. The Kier molecular flexibility index (Phi) is 4.59. The summed E-state index contributed by atoms with van der Waals surface area (Å²) >= 11 is 0. The van der Waals surface area contributed by atoms with E-state index in [1.165, 1.54) is 0 Å². The van der Waals surface area contributed by atoms with Crippen molar-refractivity contribution < 1.29 is 8.78 Å². The van der Waals surface area contributed by atoms with E-state index in [1.54, 1.807) is 17.0 Å². The van der Waals surface area contributed by atoms with Crippen LogP contribution in [0.2, 0.25) is 0 Å². The van der Waals surface area contributed by atoms with Gasteiger partial charge in [-0.25, -0.2) is 13.5 Å². The highest BCUT2D eigenvalue weighted by atomic mass is 19.3. The minimum atomic E-state index is -2.62. The Hall–Kier alpha value is -2.18. The standard InChI is InChI=1S/C19H21B2F2N5/c1-3-28-17(12(2)25-26-28)13-10-16-15(24-11-13)6-9-27(16)19(20,21)14-4-7-18(22,23)8-5-14/h6,9-11,14H,3-5,7-8H2,1-2H3. The normalized spacial score (nSPS) is 18.0. The summed E-state index contributed by atoms with van der Waals surface area (Å²) in [6, 6.07) is 3.80. The third-order valence-corrected chi connectivity index (χ3v) is 5.80. The zero-order chi connectivity index (χ0) is 20.1. The van der Waals surface area contributed by atoms with Crippen LogP contribution >= 0.6 is 0 Å². The maximum atomic E-state index is 13.6. The van der Waals surface area contributed by atoms with Gasteiger partial charge in [0, 0.05) is 37.3 Å². The van der Waals surface area contributed by atoms with Crippen molar-refractivity contribution in [2.24, 2.45) is 5.92 Å². The molecule has 4 radical (unpaired) electrons. The second-order valence-electron chi connectivity index (χ2n) is 7.67. The van der Waals surface area contributed by atoms with E-state index in [1.807, 2.05) is 30.7 Å². The largest absolute Gasteiger partial charge is 0.358 e. The fraction of sp³-hybridized carbons (Fsp3) is 0.526. The van der Waals surface area contributed by atoms with Crippen LogP contribution in [0.5, 0.6) is 0 Å². The number of aryl methyl sites for hydroxylation is 2. The van der Waals surface area contributed by atoms with Crippen molar-refractivity contribution in [2.45, 2.75) is 57.3 Å². The van der Waals surface area contributed by atoms with Gasteiger partial charge in [0.1, 0.15) is 0 Å². The number of nitrogens with zero attached hydrogens (tertiary/aromatic N) is 5. The minimum Gasteiger partial charge on any atom is -0.358 e. The highest BCUT2D eigenvalue weighted by Crippen LogP contribution is 2.42. The number of hydrogen-bond acceptors (Lipinski definition) is 3. The summed E-state index contributed by atoms with van der Waals surface area (Å²) < 4.78 is 30.7. The van der Waals surface area contributed by atoms with E-state index in [2.05, 4.69) is 15.3 Å². The summed E-state index contributed by atoms with van der Waals surface area (Å²) in [5.74, 6) is -2.86. The quantitative estimate of drug-likeness (QED) is 0.653. The van der Waals surface area contributed by atoms with E-state index >= 15 is 0 Å². The number of halogens is 2. The van der Waals surface area contributed by atoms with Gasteiger partial charge in [0.05, 0.1) is 38.1 Å². The van der Waals surface area contributed by atoms with Crippen LogP contribution in [0, 0.1) is 12.8 Å². The molecule has 0 N–H and O–H groups in total. The lowest BCUT2D eigenvalue weighted by Crippen LogP contribution is -2.45. The van der Waals surface area contributed by atoms with E-state index in [0.29, 0.717) is 19.4 Å². The third-order valence-electron chi connectivity index (χ3n) is 5.80. The maximum absolute atomic E-state index is 13.6. The third kappa shape index (κ3) is 3.14. The lowest BCUT2D eigenvalue weighted by molar-refractivity contribution is -0.0498. The number of aromatic nitrogens is 5. The molecular formula is C19H21B2F2N5. The van der Waals surface area contributed by atoms with Gasteiger partial charge in [0.2, 0.25) is 5.92 Å². The first-order valence-electron chi connectivity index (χ1n) is 9.56. The Bertz CT molecular complexity index is 1000. The summed E-state index contributed by atoms with van der Waals surface area (Å²) in [6.45, 7) is 4.58. The fourth-order valence-electron chi connectivity index (χ4n) is 4.16. The van der Waals surface area contributed by atoms with E-state index in [0.717, 1.165) is 28.0 Å². The number of pyridine rings is 1. The summed E-state index contributed by atoms with van der Waals surface area (Å²) in [5.41, 5.74) is 4.08. The summed E-state index contributed by atoms with van der Waals surface area (Å²) in [4.78, 5) is 4.54. The Morgan fingerprint density at radius 2 is 2.00 bits per heavy atom. The van der Waals surface area contributed by atoms with Crippen LogP contribution in [0.3, 0.4) is 0 Å². The maximum Gasteiger partial charge on any atom is 0.248 e. The molecule has 1 aliphatic rings. The van der Waals surface area contributed by atoms with Crippen molar-refractivity contribution in [3.8, 4) is 11.3 Å². The van der Waals surface area contributed by atoms with Gasteiger partial charge >= 0.3 is 0 Å². The average Bonchev–Trinajstić information content (AvgIpc) is 3.24. The molecule has 1 fully saturated rings. The highest BCUT2D eigenvalue weighted by molar-refractivity contribution is 6.38. The van der Waals surface area contributed by atoms with Gasteiger partial charge in [0.15, 0.2) is 0 Å². The molecule has 9 heteroatoms. The van der Waals surface area contributed by atoms with Crippen LogP contribution < -0.4 is 0 Å². The van der Waals surface area contributed by atoms with Crippen LogP contribution in [0.15, 0.2) is 24.5 Å². The molecule has 4 rings (SSSR count). The molecule has 0 spiro atoms. The SMILES string of the molecule is [B]C([B])(C1CCC(F)(F)CC1)n1ccc2ncc(-c3c(C)nnn3CC)cc21. The molecule has 0 unspecified atom stereocenters. The van der Waals surface area contributed by atoms with E-state index in [4.69, 9.17) is 15.7 Å². The van der Waals surface area contributed by atoms with Gasteiger partial charge < -0.3 is 4.57 Å². The van der Waals surface area contributed by atoms with Crippen molar-refractivity contribution in [2.75, 3.05) is 0 Å². The Labute approximate surface area is 165 Å². The van der Waals surface area contributed by atoms with Gasteiger partial charge in [-0.3, -0.25) is 4.98 Å². The van der Waals surface area contributed by atoms with Crippen LogP contribution in [0.25, 0.3) is 22.3 Å². The van der Waals surface area contributed by atoms with Gasteiger partial charge in [0.25, 0.3) is 0 Å². The van der Waals surface area contributed by atoms with Crippen molar-refractivity contribution in [3.63, 3.8) is 0 Å². The predicted molar refractivity (Wildman–Crippen MR) is 106 cm³/mol. The number of fused-ring (bicyclic) bond motifs is 1. The van der Waals surface area contributed by atoms with Crippen molar-refractivity contribution in [1.29, 1.82) is 0 Å². The van der Waals surface area contributed by atoms with Gasteiger partial charge in [-0.2, -0.15) is 0 Å². The molecule has 28 heavy (non-hydrogen) atoms. The fourth-order valence-corrected chi connectivity index (χ4v) is 4.16. The zero-order valence-electron chi connectivity index (χ0n) is 16.1. The van der Waals surface area contributed by atoms with Gasteiger partial charge in [-0.15, -0.1) is 5.10 Å². The van der Waals surface area contributed by atoms with Crippen LogP contribution in [-0.2, 0) is 11.9 Å². The molecule has 0 aliphatic heterocycles. The molecule has 0 bridgehead atoms. The Balaban J connectivity index is 1.75. The molecule has 5 nitrogen and oxygen atoms in total. The molecule has 3 heterocycles. The van der Waals surface area contributed by atoms with Crippen LogP contribution in [0.4, 0.5) is 8.78 Å². The summed E-state index contributed by atoms with van der Waals surface area (Å²) in [7, 11) is 13.0. The molecule has 1 saturated carbocycles.